The number of anilines is 2. The van der Waals surface area contributed by atoms with Gasteiger partial charge in [-0.1, -0.05) is 18.7 Å². The molecule has 1 aromatic heterocycles. The third-order valence-corrected chi connectivity index (χ3v) is 7.62. The number of hydrogen-bond acceptors (Lipinski definition) is 7. The zero-order chi connectivity index (χ0) is 26.1. The third kappa shape index (κ3) is 5.09. The summed E-state index contributed by atoms with van der Waals surface area (Å²) in [6.07, 6.45) is 4.27. The van der Waals surface area contributed by atoms with Gasteiger partial charge in [0.2, 0.25) is 0 Å². The Morgan fingerprint density at radius 1 is 1.30 bits per heavy atom. The molecule has 196 valence electrons. The zero-order valence-corrected chi connectivity index (χ0v) is 21.7. The summed E-state index contributed by atoms with van der Waals surface area (Å²) in [5, 5.41) is 3.35. The number of aromatic nitrogens is 2. The second-order valence-corrected chi connectivity index (χ2v) is 9.98. The minimum Gasteiger partial charge on any atom is -0.464 e. The number of aliphatic imine (C=N–C) groups is 1. The average Bonchev–Trinajstić information content (AvgIpc) is 3.25. The van der Waals surface area contributed by atoms with E-state index >= 15 is 4.39 Å². The van der Waals surface area contributed by atoms with Crippen molar-refractivity contribution in [3.05, 3.63) is 64.9 Å². The van der Waals surface area contributed by atoms with Crippen LogP contribution in [0.4, 0.5) is 20.3 Å². The van der Waals surface area contributed by atoms with Crippen molar-refractivity contribution in [3.8, 4) is 6.01 Å². The Labute approximate surface area is 217 Å². The highest BCUT2D eigenvalue weighted by atomic mass is 19.1. The molecule has 0 aliphatic carbocycles. The predicted molar refractivity (Wildman–Crippen MR) is 143 cm³/mol. The second kappa shape index (κ2) is 10.6. The summed E-state index contributed by atoms with van der Waals surface area (Å²) in [5.74, 6) is 0.812. The largest absolute Gasteiger partial charge is 0.464 e. The topological polar surface area (TPSA) is 65.9 Å². The van der Waals surface area contributed by atoms with Gasteiger partial charge in [-0.15, -0.1) is 0 Å². The molecule has 9 heteroatoms. The third-order valence-electron chi connectivity index (χ3n) is 7.62. The van der Waals surface area contributed by atoms with Crippen LogP contribution >= 0.6 is 0 Å². The first-order valence-corrected chi connectivity index (χ1v) is 12.9. The number of nitrogens with zero attached hydrogens (tertiary/aromatic N) is 5. The van der Waals surface area contributed by atoms with Gasteiger partial charge in [-0.25, -0.2) is 8.78 Å². The zero-order valence-electron chi connectivity index (χ0n) is 21.7. The van der Waals surface area contributed by atoms with E-state index in [4.69, 9.17) is 4.74 Å². The van der Waals surface area contributed by atoms with Crippen LogP contribution in [-0.4, -0.2) is 60.5 Å². The van der Waals surface area contributed by atoms with Gasteiger partial charge in [-0.05, 0) is 74.9 Å². The number of benzene rings is 1. The van der Waals surface area contributed by atoms with Crippen molar-refractivity contribution in [3.63, 3.8) is 0 Å². The fourth-order valence-corrected chi connectivity index (χ4v) is 5.76. The fraction of sp³-hybridized carbons (Fsp3) is 0.464. The van der Waals surface area contributed by atoms with Crippen molar-refractivity contribution in [1.29, 1.82) is 0 Å². The maximum Gasteiger partial charge on any atom is 0.318 e. The molecule has 7 nitrogen and oxygen atoms in total. The van der Waals surface area contributed by atoms with Crippen molar-refractivity contribution < 1.29 is 13.5 Å². The van der Waals surface area contributed by atoms with E-state index in [0.717, 1.165) is 31.4 Å². The number of hydrogen-bond donors (Lipinski definition) is 1. The first-order chi connectivity index (χ1) is 17.9. The van der Waals surface area contributed by atoms with Crippen molar-refractivity contribution in [2.75, 3.05) is 43.5 Å². The van der Waals surface area contributed by atoms with E-state index in [0.29, 0.717) is 46.8 Å². The van der Waals surface area contributed by atoms with Crippen LogP contribution in [0.5, 0.6) is 6.01 Å². The first-order valence-electron chi connectivity index (χ1n) is 12.9. The molecule has 2 aromatic rings. The summed E-state index contributed by atoms with van der Waals surface area (Å²) in [7, 11) is 1.50. The number of nitrogens with one attached hydrogen (secondary N) is 1. The monoisotopic (exact) mass is 508 g/mol. The summed E-state index contributed by atoms with van der Waals surface area (Å²) < 4.78 is 35.4. The second-order valence-electron chi connectivity index (χ2n) is 9.98. The summed E-state index contributed by atoms with van der Waals surface area (Å²) >= 11 is 0. The molecule has 5 heterocycles. The van der Waals surface area contributed by atoms with Crippen molar-refractivity contribution in [2.24, 2.45) is 10.9 Å². The summed E-state index contributed by atoms with van der Waals surface area (Å²) in [4.78, 5) is 17.1. The van der Waals surface area contributed by atoms with E-state index in [1.807, 2.05) is 24.8 Å². The van der Waals surface area contributed by atoms with Crippen molar-refractivity contribution in [1.82, 2.24) is 14.9 Å². The SMILES string of the molecule is C=C(/C=C(/F)C=NC)C1Nc2c(C)nc(OCC)nc2N1Cc1ccc(C2CN3CCC2CC3)cc1F. The number of ether oxygens (including phenoxy) is 1. The van der Waals surface area contributed by atoms with Gasteiger partial charge < -0.3 is 19.9 Å². The molecule has 37 heavy (non-hydrogen) atoms. The molecule has 3 fully saturated rings. The van der Waals surface area contributed by atoms with Gasteiger partial charge in [-0.2, -0.15) is 9.97 Å². The molecule has 0 amide bonds. The summed E-state index contributed by atoms with van der Waals surface area (Å²) in [6.45, 7) is 11.7. The Bertz CT molecular complexity index is 1240. The van der Waals surface area contributed by atoms with Crippen molar-refractivity contribution in [2.45, 2.75) is 45.3 Å². The number of aryl methyl sites for hydroxylation is 1. The molecular formula is C28H34F2N6O. The molecule has 3 saturated heterocycles. The van der Waals surface area contributed by atoms with Crippen LogP contribution in [-0.2, 0) is 6.54 Å². The first kappa shape index (κ1) is 25.3. The fourth-order valence-electron chi connectivity index (χ4n) is 5.76. The molecule has 4 aliphatic rings. The Morgan fingerprint density at radius 3 is 2.73 bits per heavy atom. The Hall–Kier alpha value is -3.33. The lowest BCUT2D eigenvalue weighted by Crippen LogP contribution is -2.46. The molecule has 2 unspecified atom stereocenters. The highest BCUT2D eigenvalue weighted by molar-refractivity contribution is 5.79. The number of fused-ring (bicyclic) bond motifs is 4. The highest BCUT2D eigenvalue weighted by Gasteiger charge is 2.37. The number of rotatable bonds is 8. The standard InChI is InChI=1S/C28H34F2N6O/c1-5-37-28-32-18(3)25-27(34-28)36(26(33-25)17(2)12-22(29)14-31-4)15-21-7-6-20(13-24(21)30)23-16-35-10-8-19(23)9-11-35/h6-7,12-14,19,23,26,33H,2,5,8-11,15-16H2,1,3-4H3/b22-12+,31-14?. The van der Waals surface area contributed by atoms with Gasteiger partial charge >= 0.3 is 6.01 Å². The average molecular weight is 509 g/mol. The van der Waals surface area contributed by atoms with E-state index in [2.05, 4.69) is 37.8 Å². The van der Waals surface area contributed by atoms with Crippen LogP contribution in [0.2, 0.25) is 0 Å². The van der Waals surface area contributed by atoms with Crippen molar-refractivity contribution >= 4 is 17.7 Å². The number of piperidine rings is 3. The molecule has 0 radical (unpaired) electrons. The minimum absolute atomic E-state index is 0.218. The minimum atomic E-state index is -0.545. The van der Waals surface area contributed by atoms with Crippen LogP contribution in [0, 0.1) is 18.7 Å². The molecule has 1 N–H and O–H groups in total. The van der Waals surface area contributed by atoms with Crippen LogP contribution in [0.1, 0.15) is 42.5 Å². The summed E-state index contributed by atoms with van der Waals surface area (Å²) in [5.41, 5.74) is 3.43. The van der Waals surface area contributed by atoms with Gasteiger partial charge in [0, 0.05) is 25.7 Å². The van der Waals surface area contributed by atoms with Gasteiger partial charge in [0.1, 0.15) is 23.5 Å². The Balaban J connectivity index is 1.46. The van der Waals surface area contributed by atoms with Crippen LogP contribution < -0.4 is 15.0 Å². The van der Waals surface area contributed by atoms with E-state index in [1.165, 1.54) is 26.0 Å². The molecule has 0 saturated carbocycles. The molecule has 2 bridgehead atoms. The molecule has 0 spiro atoms. The highest BCUT2D eigenvalue weighted by Crippen LogP contribution is 2.41. The molecular weight excluding hydrogens is 474 g/mol. The van der Waals surface area contributed by atoms with Crippen LogP contribution in [0.15, 0.2) is 47.2 Å². The maximum absolute atomic E-state index is 15.6. The van der Waals surface area contributed by atoms with Crippen LogP contribution in [0.3, 0.4) is 0 Å². The van der Waals surface area contributed by atoms with Gasteiger partial charge in [0.25, 0.3) is 0 Å². The lowest BCUT2D eigenvalue weighted by atomic mass is 9.75. The van der Waals surface area contributed by atoms with Gasteiger partial charge in [0.15, 0.2) is 5.82 Å². The van der Waals surface area contributed by atoms with E-state index in [-0.39, 0.29) is 18.4 Å². The van der Waals surface area contributed by atoms with Gasteiger partial charge in [0.05, 0.1) is 18.5 Å². The van der Waals surface area contributed by atoms with Crippen LogP contribution in [0.25, 0.3) is 0 Å². The number of halogens is 2. The molecule has 1 aromatic carbocycles. The van der Waals surface area contributed by atoms with Gasteiger partial charge in [-0.3, -0.25) is 4.99 Å². The summed E-state index contributed by atoms with van der Waals surface area (Å²) in [6, 6.07) is 5.88. The predicted octanol–water partition coefficient (Wildman–Crippen LogP) is 5.00. The Kier molecular flexibility index (Phi) is 7.24. The molecule has 4 aliphatic heterocycles. The quantitative estimate of drug-likeness (QED) is 0.400. The van der Waals surface area contributed by atoms with E-state index < -0.39 is 12.0 Å². The lowest BCUT2D eigenvalue weighted by Gasteiger charge is -2.45. The Morgan fingerprint density at radius 2 is 2.08 bits per heavy atom. The smallest absolute Gasteiger partial charge is 0.318 e. The molecule has 6 rings (SSSR count). The normalized spacial score (nSPS) is 24.9. The maximum atomic E-state index is 15.6. The van der Waals surface area contributed by atoms with E-state index in [9.17, 15) is 4.39 Å². The number of allylic oxidation sites excluding steroid dienone is 1. The van der Waals surface area contributed by atoms with E-state index in [1.54, 1.807) is 6.07 Å². The lowest BCUT2D eigenvalue weighted by molar-refractivity contribution is 0.0870. The molecule has 2 atom stereocenters.